The van der Waals surface area contributed by atoms with E-state index >= 15 is 0 Å². The first-order chi connectivity index (χ1) is 14.3. The highest BCUT2D eigenvalue weighted by molar-refractivity contribution is 5.13. The van der Waals surface area contributed by atoms with Crippen LogP contribution in [0.3, 0.4) is 0 Å². The first-order valence-electron chi connectivity index (χ1n) is 13.2. The molecule has 4 rings (SSSR count). The molecular weight excluding hydrogens is 372 g/mol. The highest BCUT2D eigenvalue weighted by atomic mass is 16.3. The van der Waals surface area contributed by atoms with Crippen LogP contribution in [0.25, 0.3) is 0 Å². The smallest absolute Gasteiger partial charge is 0.0605 e. The molecule has 3 N–H and O–H groups in total. The largest absolute Gasteiger partial charge is 0.396 e. The lowest BCUT2D eigenvalue weighted by Crippen LogP contribution is -2.62. The van der Waals surface area contributed by atoms with Crippen molar-refractivity contribution >= 4 is 0 Å². The van der Waals surface area contributed by atoms with Gasteiger partial charge in [0.05, 0.1) is 12.2 Å². The summed E-state index contributed by atoms with van der Waals surface area (Å²) in [4.78, 5) is 0. The van der Waals surface area contributed by atoms with Crippen LogP contribution >= 0.6 is 0 Å². The summed E-state index contributed by atoms with van der Waals surface area (Å²) in [7, 11) is 0. The van der Waals surface area contributed by atoms with E-state index in [-0.39, 0.29) is 12.2 Å². The maximum atomic E-state index is 11.8. The van der Waals surface area contributed by atoms with E-state index in [9.17, 15) is 15.3 Å². The van der Waals surface area contributed by atoms with Crippen molar-refractivity contribution in [2.45, 2.75) is 111 Å². The van der Waals surface area contributed by atoms with Gasteiger partial charge in [0.1, 0.15) is 0 Å². The maximum absolute atomic E-state index is 11.8. The first kappa shape index (κ1) is 23.1. The van der Waals surface area contributed by atoms with Crippen molar-refractivity contribution in [2.24, 2.45) is 52.3 Å². The quantitative estimate of drug-likeness (QED) is 0.538. The Bertz CT molecular complexity index is 593. The molecule has 0 heterocycles. The Balaban J connectivity index is 1.64. The third-order valence-electron chi connectivity index (χ3n) is 11.1. The van der Waals surface area contributed by atoms with Crippen LogP contribution in [0.1, 0.15) is 98.3 Å². The summed E-state index contributed by atoms with van der Waals surface area (Å²) in [5, 5.41) is 31.7. The highest BCUT2D eigenvalue weighted by Crippen LogP contribution is 2.69. The fourth-order valence-electron chi connectivity index (χ4n) is 9.73. The third kappa shape index (κ3) is 3.50. The number of aliphatic hydroxyl groups is 3. The number of fused-ring (bicyclic) bond motifs is 5. The lowest BCUT2D eigenvalue weighted by Gasteiger charge is -2.65. The van der Waals surface area contributed by atoms with E-state index < -0.39 is 0 Å². The van der Waals surface area contributed by atoms with Crippen LogP contribution in [-0.4, -0.2) is 34.1 Å². The summed E-state index contributed by atoms with van der Waals surface area (Å²) in [5.74, 6) is 3.99. The second-order valence-electron chi connectivity index (χ2n) is 12.3. The van der Waals surface area contributed by atoms with Crippen LogP contribution in [0.15, 0.2) is 0 Å². The van der Waals surface area contributed by atoms with Crippen molar-refractivity contribution < 1.29 is 15.3 Å². The van der Waals surface area contributed by atoms with E-state index in [0.29, 0.717) is 52.9 Å². The summed E-state index contributed by atoms with van der Waals surface area (Å²) in [6.07, 6.45) is 12.1. The molecule has 0 aromatic carbocycles. The zero-order valence-corrected chi connectivity index (χ0v) is 20.0. The van der Waals surface area contributed by atoms with E-state index in [4.69, 9.17) is 0 Å². The van der Waals surface area contributed by atoms with Crippen LogP contribution in [0.4, 0.5) is 0 Å². The summed E-state index contributed by atoms with van der Waals surface area (Å²) < 4.78 is 0. The minimum absolute atomic E-state index is 0.164. The Hall–Kier alpha value is -0.120. The molecule has 0 amide bonds. The van der Waals surface area contributed by atoms with Gasteiger partial charge in [-0.15, -0.1) is 0 Å². The Kier molecular flexibility index (Phi) is 6.66. The zero-order valence-electron chi connectivity index (χ0n) is 20.0. The summed E-state index contributed by atoms with van der Waals surface area (Å²) in [5.41, 5.74) is 0.649. The predicted octanol–water partition coefficient (Wildman–Crippen LogP) is 5.41. The van der Waals surface area contributed by atoms with E-state index in [2.05, 4.69) is 27.7 Å². The standard InChI is InChI=1S/C27H48O3/c1-5-7-19-23-16-18(29)11-13-27(23,4)22-12-14-26(3)20(17(2)8-6-15-28)9-10-21(26)24(22)25(19)30/h17-25,28-30H,5-16H2,1-4H3/t17-,18-,19+,20-,21?,22?,23+,24?,25+,26-,27-/m1/s1. The zero-order chi connectivity index (χ0) is 21.7. The highest BCUT2D eigenvalue weighted by Gasteiger charge is 2.64. The maximum Gasteiger partial charge on any atom is 0.0605 e. The first-order valence-corrected chi connectivity index (χ1v) is 13.2. The summed E-state index contributed by atoms with van der Waals surface area (Å²) >= 11 is 0. The van der Waals surface area contributed by atoms with E-state index in [0.717, 1.165) is 50.9 Å². The molecule has 174 valence electrons. The van der Waals surface area contributed by atoms with Crippen LogP contribution < -0.4 is 0 Å². The summed E-state index contributed by atoms with van der Waals surface area (Å²) in [6.45, 7) is 10.1. The van der Waals surface area contributed by atoms with Crippen molar-refractivity contribution in [3.63, 3.8) is 0 Å². The van der Waals surface area contributed by atoms with Gasteiger partial charge in [-0.25, -0.2) is 0 Å². The molecular formula is C27H48O3. The minimum Gasteiger partial charge on any atom is -0.396 e. The van der Waals surface area contributed by atoms with Gasteiger partial charge in [-0.2, -0.15) is 0 Å². The SMILES string of the molecule is CCC[C@@H]1[C@H](O)C2C3CC[C@H]([C@H](C)CCCO)[C@@]3(C)CCC2[C@@]2(C)CC[C@@H](O)C[C@@H]12. The van der Waals surface area contributed by atoms with Gasteiger partial charge in [0, 0.05) is 6.61 Å². The fraction of sp³-hybridized carbons (Fsp3) is 1.00. The Morgan fingerprint density at radius 1 is 0.933 bits per heavy atom. The molecule has 4 aliphatic carbocycles. The van der Waals surface area contributed by atoms with Gasteiger partial charge in [-0.3, -0.25) is 0 Å². The predicted molar refractivity (Wildman–Crippen MR) is 122 cm³/mol. The topological polar surface area (TPSA) is 60.7 Å². The second kappa shape index (κ2) is 8.67. The number of hydrogen-bond donors (Lipinski definition) is 3. The molecule has 0 aliphatic heterocycles. The van der Waals surface area contributed by atoms with Crippen molar-refractivity contribution in [1.29, 1.82) is 0 Å². The molecule has 0 spiro atoms. The number of hydrogen-bond acceptors (Lipinski definition) is 3. The third-order valence-corrected chi connectivity index (χ3v) is 11.1. The Labute approximate surface area is 185 Å². The average molecular weight is 421 g/mol. The molecule has 3 nitrogen and oxygen atoms in total. The van der Waals surface area contributed by atoms with E-state index in [1.165, 1.54) is 25.7 Å². The van der Waals surface area contributed by atoms with Crippen LogP contribution in [0.5, 0.6) is 0 Å². The van der Waals surface area contributed by atoms with Crippen LogP contribution in [-0.2, 0) is 0 Å². The van der Waals surface area contributed by atoms with Crippen LogP contribution in [0, 0.1) is 52.3 Å². The lowest BCUT2D eigenvalue weighted by molar-refractivity contribution is -0.204. The van der Waals surface area contributed by atoms with Crippen molar-refractivity contribution in [2.75, 3.05) is 6.61 Å². The van der Waals surface area contributed by atoms with Gasteiger partial charge in [0.15, 0.2) is 0 Å². The van der Waals surface area contributed by atoms with Crippen molar-refractivity contribution in [3.05, 3.63) is 0 Å². The van der Waals surface area contributed by atoms with Gasteiger partial charge in [-0.1, -0.05) is 34.1 Å². The molecule has 11 atom stereocenters. The average Bonchev–Trinajstić information content (AvgIpc) is 3.07. The Morgan fingerprint density at radius 2 is 1.63 bits per heavy atom. The molecule has 4 aliphatic rings. The van der Waals surface area contributed by atoms with Gasteiger partial charge < -0.3 is 15.3 Å². The molecule has 0 aromatic rings. The molecule has 0 saturated heterocycles. The second-order valence-corrected chi connectivity index (χ2v) is 12.3. The molecule has 4 fully saturated rings. The molecule has 0 bridgehead atoms. The number of rotatable bonds is 6. The van der Waals surface area contributed by atoms with Gasteiger partial charge in [0.2, 0.25) is 0 Å². The Morgan fingerprint density at radius 3 is 2.33 bits per heavy atom. The molecule has 30 heavy (non-hydrogen) atoms. The van der Waals surface area contributed by atoms with Crippen molar-refractivity contribution in [1.82, 2.24) is 0 Å². The molecule has 3 unspecified atom stereocenters. The fourth-order valence-corrected chi connectivity index (χ4v) is 9.73. The van der Waals surface area contributed by atoms with Gasteiger partial charge in [0.25, 0.3) is 0 Å². The van der Waals surface area contributed by atoms with E-state index in [1.807, 2.05) is 0 Å². The minimum atomic E-state index is -0.186. The molecule has 0 radical (unpaired) electrons. The monoisotopic (exact) mass is 420 g/mol. The summed E-state index contributed by atoms with van der Waals surface area (Å²) in [6, 6.07) is 0. The van der Waals surface area contributed by atoms with E-state index in [1.54, 1.807) is 0 Å². The molecule has 0 aromatic heterocycles. The van der Waals surface area contributed by atoms with Gasteiger partial charge >= 0.3 is 0 Å². The molecule has 3 heteroatoms. The van der Waals surface area contributed by atoms with Crippen LogP contribution in [0.2, 0.25) is 0 Å². The van der Waals surface area contributed by atoms with Gasteiger partial charge in [-0.05, 0) is 116 Å². The lowest BCUT2D eigenvalue weighted by atomic mass is 9.41. The normalized spacial score (nSPS) is 51.7. The van der Waals surface area contributed by atoms with Crippen molar-refractivity contribution in [3.8, 4) is 0 Å². The number of aliphatic hydroxyl groups excluding tert-OH is 3. The molecule has 4 saturated carbocycles.